The van der Waals surface area contributed by atoms with Crippen LogP contribution in [0, 0.1) is 0 Å². The molecule has 0 amide bonds. The zero-order valence-corrected chi connectivity index (χ0v) is 8.54. The molecule has 0 aromatic heterocycles. The van der Waals surface area contributed by atoms with Crippen molar-refractivity contribution in [2.45, 2.75) is 37.3 Å². The molecule has 1 aliphatic carbocycles. The number of hydrogen-bond acceptors (Lipinski definition) is 4. The van der Waals surface area contributed by atoms with E-state index in [0.29, 0.717) is 6.61 Å². The first-order valence-corrected chi connectivity index (χ1v) is 5.24. The molecule has 4 nitrogen and oxygen atoms in total. The minimum atomic E-state index is -0.272. The average Bonchev–Trinajstić information content (AvgIpc) is 2.67. The van der Waals surface area contributed by atoms with Crippen molar-refractivity contribution >= 4 is 5.97 Å². The lowest BCUT2D eigenvalue weighted by Crippen LogP contribution is -2.60. The van der Waals surface area contributed by atoms with Crippen molar-refractivity contribution in [2.75, 3.05) is 20.3 Å². The Labute approximate surface area is 84.0 Å². The van der Waals surface area contributed by atoms with Crippen LogP contribution in [-0.4, -0.2) is 37.9 Å². The van der Waals surface area contributed by atoms with Gasteiger partial charge in [-0.2, -0.15) is 0 Å². The van der Waals surface area contributed by atoms with Crippen LogP contribution < -0.4 is 5.32 Å². The van der Waals surface area contributed by atoms with Gasteiger partial charge in [0.15, 0.2) is 0 Å². The van der Waals surface area contributed by atoms with Crippen LogP contribution in [-0.2, 0) is 14.3 Å². The van der Waals surface area contributed by atoms with Gasteiger partial charge in [-0.1, -0.05) is 12.8 Å². The van der Waals surface area contributed by atoms with Gasteiger partial charge in [0.05, 0.1) is 19.3 Å². The third-order valence-corrected chi connectivity index (χ3v) is 3.25. The van der Waals surface area contributed by atoms with Crippen LogP contribution in [0.3, 0.4) is 0 Å². The van der Waals surface area contributed by atoms with E-state index < -0.39 is 0 Å². The number of esters is 1. The molecule has 4 heteroatoms. The Balaban J connectivity index is 2.14. The lowest BCUT2D eigenvalue weighted by molar-refractivity contribution is -0.160. The summed E-state index contributed by atoms with van der Waals surface area (Å²) >= 11 is 0. The lowest BCUT2D eigenvalue weighted by Gasteiger charge is -2.40. The Morgan fingerprint density at radius 1 is 1.50 bits per heavy atom. The highest BCUT2D eigenvalue weighted by Crippen LogP contribution is 2.37. The van der Waals surface area contributed by atoms with E-state index in [0.717, 1.165) is 32.2 Å². The Kier molecular flexibility index (Phi) is 2.74. The lowest BCUT2D eigenvalue weighted by atomic mass is 9.90. The summed E-state index contributed by atoms with van der Waals surface area (Å²) in [6.45, 7) is 1.44. The molecular weight excluding hydrogens is 182 g/mol. The van der Waals surface area contributed by atoms with Crippen LogP contribution in [0.15, 0.2) is 0 Å². The third-order valence-electron chi connectivity index (χ3n) is 3.25. The van der Waals surface area contributed by atoms with Crippen LogP contribution in [0.1, 0.15) is 25.7 Å². The molecule has 0 radical (unpaired) electrons. The SMILES string of the molecule is COC(=O)C1NCCOC12CCCC2. The summed E-state index contributed by atoms with van der Waals surface area (Å²) in [5.74, 6) is -0.188. The van der Waals surface area contributed by atoms with Crippen molar-refractivity contribution in [1.82, 2.24) is 5.32 Å². The Morgan fingerprint density at radius 3 is 2.86 bits per heavy atom. The van der Waals surface area contributed by atoms with E-state index in [-0.39, 0.29) is 17.6 Å². The fourth-order valence-corrected chi connectivity index (χ4v) is 2.55. The van der Waals surface area contributed by atoms with Crippen molar-refractivity contribution in [3.8, 4) is 0 Å². The number of carbonyl (C=O) groups is 1. The van der Waals surface area contributed by atoms with E-state index in [1.54, 1.807) is 0 Å². The second-order valence-corrected chi connectivity index (χ2v) is 4.03. The highest BCUT2D eigenvalue weighted by molar-refractivity contribution is 5.77. The Bertz CT molecular complexity index is 223. The van der Waals surface area contributed by atoms with Crippen LogP contribution in [0.5, 0.6) is 0 Å². The molecule has 1 saturated heterocycles. The molecule has 14 heavy (non-hydrogen) atoms. The highest BCUT2D eigenvalue weighted by Gasteiger charge is 2.48. The first kappa shape index (κ1) is 9.93. The van der Waals surface area contributed by atoms with Gasteiger partial charge in [0.2, 0.25) is 0 Å². The molecule has 0 aromatic rings. The van der Waals surface area contributed by atoms with E-state index in [9.17, 15) is 4.79 Å². The van der Waals surface area contributed by atoms with Crippen molar-refractivity contribution < 1.29 is 14.3 Å². The van der Waals surface area contributed by atoms with Crippen molar-refractivity contribution in [1.29, 1.82) is 0 Å². The minimum absolute atomic E-state index is 0.188. The predicted octanol–water partition coefficient (Wildman–Crippen LogP) is 0.461. The number of morpholine rings is 1. The molecule has 1 saturated carbocycles. The summed E-state index contributed by atoms with van der Waals surface area (Å²) in [4.78, 5) is 11.6. The summed E-state index contributed by atoms with van der Waals surface area (Å²) in [5, 5.41) is 3.20. The molecule has 80 valence electrons. The maximum atomic E-state index is 11.6. The van der Waals surface area contributed by atoms with Gasteiger partial charge in [-0.05, 0) is 12.8 Å². The van der Waals surface area contributed by atoms with E-state index >= 15 is 0 Å². The Morgan fingerprint density at radius 2 is 2.21 bits per heavy atom. The Hall–Kier alpha value is -0.610. The average molecular weight is 199 g/mol. The van der Waals surface area contributed by atoms with Crippen molar-refractivity contribution in [3.63, 3.8) is 0 Å². The third kappa shape index (κ3) is 1.53. The van der Waals surface area contributed by atoms with Gasteiger partial charge >= 0.3 is 5.97 Å². The normalized spacial score (nSPS) is 30.5. The van der Waals surface area contributed by atoms with E-state index in [1.165, 1.54) is 7.11 Å². The summed E-state index contributed by atoms with van der Waals surface area (Å²) in [7, 11) is 1.43. The molecule has 1 spiro atoms. The summed E-state index contributed by atoms with van der Waals surface area (Å²) in [6, 6.07) is -0.260. The molecule has 2 rings (SSSR count). The maximum absolute atomic E-state index is 11.6. The quantitative estimate of drug-likeness (QED) is 0.623. The van der Waals surface area contributed by atoms with Crippen molar-refractivity contribution in [2.24, 2.45) is 0 Å². The highest BCUT2D eigenvalue weighted by atomic mass is 16.5. The molecule has 0 bridgehead atoms. The first-order valence-electron chi connectivity index (χ1n) is 5.24. The summed E-state index contributed by atoms with van der Waals surface area (Å²) in [5.41, 5.74) is -0.272. The van der Waals surface area contributed by atoms with Crippen LogP contribution >= 0.6 is 0 Å². The number of nitrogens with one attached hydrogen (secondary N) is 1. The molecule has 1 unspecified atom stereocenters. The van der Waals surface area contributed by atoms with E-state index in [2.05, 4.69) is 5.32 Å². The monoisotopic (exact) mass is 199 g/mol. The maximum Gasteiger partial charge on any atom is 0.325 e. The number of methoxy groups -OCH3 is 1. The second kappa shape index (κ2) is 3.87. The van der Waals surface area contributed by atoms with Gasteiger partial charge in [-0.3, -0.25) is 10.1 Å². The van der Waals surface area contributed by atoms with Crippen LogP contribution in [0.2, 0.25) is 0 Å². The van der Waals surface area contributed by atoms with Gasteiger partial charge < -0.3 is 9.47 Å². The molecule has 2 aliphatic rings. The number of carbonyl (C=O) groups excluding carboxylic acids is 1. The molecule has 1 atom stereocenters. The van der Waals surface area contributed by atoms with Crippen LogP contribution in [0.4, 0.5) is 0 Å². The van der Waals surface area contributed by atoms with Gasteiger partial charge in [0.1, 0.15) is 6.04 Å². The van der Waals surface area contributed by atoms with Gasteiger partial charge in [0, 0.05) is 6.54 Å². The fraction of sp³-hybridized carbons (Fsp3) is 0.900. The predicted molar refractivity (Wildman–Crippen MR) is 51.0 cm³/mol. The van der Waals surface area contributed by atoms with Crippen molar-refractivity contribution in [3.05, 3.63) is 0 Å². The van der Waals surface area contributed by atoms with Gasteiger partial charge in [0.25, 0.3) is 0 Å². The molecular formula is C10H17NO3. The largest absolute Gasteiger partial charge is 0.468 e. The smallest absolute Gasteiger partial charge is 0.325 e. The van der Waals surface area contributed by atoms with E-state index in [1.807, 2.05) is 0 Å². The van der Waals surface area contributed by atoms with Gasteiger partial charge in [-0.25, -0.2) is 0 Å². The first-order chi connectivity index (χ1) is 6.78. The number of ether oxygens (including phenoxy) is 2. The zero-order chi connectivity index (χ0) is 10.0. The molecule has 1 heterocycles. The molecule has 1 aliphatic heterocycles. The number of hydrogen-bond donors (Lipinski definition) is 1. The topological polar surface area (TPSA) is 47.6 Å². The molecule has 0 aromatic carbocycles. The minimum Gasteiger partial charge on any atom is -0.468 e. The van der Waals surface area contributed by atoms with E-state index in [4.69, 9.17) is 9.47 Å². The molecule has 1 N–H and O–H groups in total. The second-order valence-electron chi connectivity index (χ2n) is 4.03. The zero-order valence-electron chi connectivity index (χ0n) is 8.54. The standard InChI is InChI=1S/C10H17NO3/c1-13-9(12)8-10(4-2-3-5-10)14-7-6-11-8/h8,11H,2-7H2,1H3. The number of rotatable bonds is 1. The summed E-state index contributed by atoms with van der Waals surface area (Å²) < 4.78 is 10.6. The fourth-order valence-electron chi connectivity index (χ4n) is 2.55. The molecule has 2 fully saturated rings. The van der Waals surface area contributed by atoms with Crippen LogP contribution in [0.25, 0.3) is 0 Å². The van der Waals surface area contributed by atoms with Gasteiger partial charge in [-0.15, -0.1) is 0 Å². The summed E-state index contributed by atoms with van der Waals surface area (Å²) in [6.07, 6.45) is 4.24.